The maximum absolute atomic E-state index is 12.8. The van der Waals surface area contributed by atoms with Gasteiger partial charge in [-0.15, -0.1) is 0 Å². The Kier molecular flexibility index (Phi) is 4.30. The number of carbonyl (C=O) groups is 1. The lowest BCUT2D eigenvalue weighted by atomic mass is 10.1. The Balaban J connectivity index is 2.18. The maximum Gasteiger partial charge on any atom is 0.418 e. The number of nitrogens with zero attached hydrogens (tertiary/aromatic N) is 2. The fourth-order valence-corrected chi connectivity index (χ4v) is 1.82. The van der Waals surface area contributed by atoms with Gasteiger partial charge in [-0.3, -0.25) is 14.2 Å². The number of halogens is 3. The van der Waals surface area contributed by atoms with E-state index in [0.29, 0.717) is 5.69 Å². The molecule has 1 amide bonds. The molecule has 0 spiro atoms. The summed E-state index contributed by atoms with van der Waals surface area (Å²) < 4.78 is 39.5. The Labute approximate surface area is 123 Å². The van der Waals surface area contributed by atoms with Gasteiger partial charge >= 0.3 is 6.18 Å². The molecule has 0 aliphatic carbocycles. The van der Waals surface area contributed by atoms with Crippen molar-refractivity contribution in [3.8, 4) is 0 Å². The number of amides is 1. The van der Waals surface area contributed by atoms with Gasteiger partial charge in [0, 0.05) is 11.8 Å². The Hall–Kier alpha value is -2.64. The average molecular weight is 311 g/mol. The quantitative estimate of drug-likeness (QED) is 0.945. The summed E-state index contributed by atoms with van der Waals surface area (Å²) in [6, 6.07) is 5.86. The molecule has 0 saturated carbocycles. The molecule has 0 saturated heterocycles. The molecule has 0 atom stereocenters. The largest absolute Gasteiger partial charge is 0.418 e. The SMILES string of the molecule is Cc1cc(=O)n(CC(=O)Nc2ccccc2C(F)(F)F)cn1. The van der Waals surface area contributed by atoms with Crippen molar-refractivity contribution in [3.05, 3.63) is 58.3 Å². The van der Waals surface area contributed by atoms with Gasteiger partial charge in [0.25, 0.3) is 5.56 Å². The minimum absolute atomic E-state index is 0.354. The van der Waals surface area contributed by atoms with Crippen molar-refractivity contribution < 1.29 is 18.0 Å². The highest BCUT2D eigenvalue weighted by atomic mass is 19.4. The number of aromatic nitrogens is 2. The number of para-hydroxylation sites is 1. The Morgan fingerprint density at radius 1 is 1.32 bits per heavy atom. The molecule has 1 heterocycles. The van der Waals surface area contributed by atoms with Crippen molar-refractivity contribution in [1.29, 1.82) is 0 Å². The zero-order valence-corrected chi connectivity index (χ0v) is 11.5. The van der Waals surface area contributed by atoms with Gasteiger partial charge in [-0.1, -0.05) is 12.1 Å². The average Bonchev–Trinajstić information content (AvgIpc) is 2.41. The number of carbonyl (C=O) groups excluding carboxylic acids is 1. The fourth-order valence-electron chi connectivity index (χ4n) is 1.82. The van der Waals surface area contributed by atoms with E-state index in [1.165, 1.54) is 24.5 Å². The van der Waals surface area contributed by atoms with Crippen LogP contribution in [0.2, 0.25) is 0 Å². The third kappa shape index (κ3) is 3.72. The molecule has 1 aromatic carbocycles. The standard InChI is InChI=1S/C14H12F3N3O2/c1-9-6-13(22)20(8-18-9)7-12(21)19-11-5-3-2-4-10(11)14(15,16)17/h2-6,8H,7H2,1H3,(H,19,21). The van der Waals surface area contributed by atoms with Crippen molar-refractivity contribution >= 4 is 11.6 Å². The maximum atomic E-state index is 12.8. The van der Waals surface area contributed by atoms with Crippen LogP contribution in [0.1, 0.15) is 11.3 Å². The normalized spacial score (nSPS) is 11.3. The Morgan fingerprint density at radius 2 is 2.00 bits per heavy atom. The topological polar surface area (TPSA) is 64.0 Å². The van der Waals surface area contributed by atoms with E-state index in [1.807, 2.05) is 0 Å². The molecular formula is C14H12F3N3O2. The van der Waals surface area contributed by atoms with Gasteiger partial charge in [0.2, 0.25) is 5.91 Å². The molecule has 0 radical (unpaired) electrons. The van der Waals surface area contributed by atoms with E-state index in [-0.39, 0.29) is 5.69 Å². The molecule has 5 nitrogen and oxygen atoms in total. The zero-order chi connectivity index (χ0) is 16.3. The summed E-state index contributed by atoms with van der Waals surface area (Å²) >= 11 is 0. The van der Waals surface area contributed by atoms with Crippen LogP contribution in [0, 0.1) is 6.92 Å². The van der Waals surface area contributed by atoms with E-state index >= 15 is 0 Å². The lowest BCUT2D eigenvalue weighted by Crippen LogP contribution is -2.28. The minimum Gasteiger partial charge on any atom is -0.324 e. The number of nitrogens with one attached hydrogen (secondary N) is 1. The summed E-state index contributed by atoms with van der Waals surface area (Å²) in [4.78, 5) is 27.3. The van der Waals surface area contributed by atoms with E-state index in [0.717, 1.165) is 16.7 Å². The van der Waals surface area contributed by atoms with Crippen LogP contribution < -0.4 is 10.9 Å². The summed E-state index contributed by atoms with van der Waals surface area (Å²) in [5.74, 6) is -0.746. The van der Waals surface area contributed by atoms with Gasteiger partial charge in [-0.25, -0.2) is 4.98 Å². The summed E-state index contributed by atoms with van der Waals surface area (Å²) in [7, 11) is 0. The Bertz CT molecular complexity index is 753. The number of aryl methyl sites for hydroxylation is 1. The molecule has 116 valence electrons. The van der Waals surface area contributed by atoms with Crippen molar-refractivity contribution in [3.63, 3.8) is 0 Å². The monoisotopic (exact) mass is 311 g/mol. The molecule has 22 heavy (non-hydrogen) atoms. The smallest absolute Gasteiger partial charge is 0.324 e. The number of benzene rings is 1. The second-order valence-corrected chi connectivity index (χ2v) is 4.59. The molecular weight excluding hydrogens is 299 g/mol. The van der Waals surface area contributed by atoms with E-state index in [1.54, 1.807) is 6.92 Å². The molecule has 0 fully saturated rings. The first kappa shape index (κ1) is 15.7. The highest BCUT2D eigenvalue weighted by Gasteiger charge is 2.33. The van der Waals surface area contributed by atoms with Crippen molar-refractivity contribution in [2.75, 3.05) is 5.32 Å². The molecule has 0 unspecified atom stereocenters. The fraction of sp³-hybridized carbons (Fsp3) is 0.214. The van der Waals surface area contributed by atoms with Gasteiger partial charge in [0.1, 0.15) is 6.54 Å². The first-order chi connectivity index (χ1) is 10.3. The third-order valence-electron chi connectivity index (χ3n) is 2.84. The van der Waals surface area contributed by atoms with Crippen LogP contribution in [0.15, 0.2) is 41.5 Å². The predicted molar refractivity (Wildman–Crippen MR) is 73.3 cm³/mol. The molecule has 1 aromatic heterocycles. The summed E-state index contributed by atoms with van der Waals surface area (Å²) in [5, 5.41) is 2.16. The second kappa shape index (κ2) is 6.00. The van der Waals surface area contributed by atoms with Crippen molar-refractivity contribution in [2.24, 2.45) is 0 Å². The second-order valence-electron chi connectivity index (χ2n) is 4.59. The summed E-state index contributed by atoms with van der Waals surface area (Å²) in [5.41, 5.74) is -1.26. The van der Waals surface area contributed by atoms with Gasteiger partial charge in [-0.05, 0) is 19.1 Å². The summed E-state index contributed by atoms with van der Waals surface area (Å²) in [6.45, 7) is 1.20. The van der Waals surface area contributed by atoms with Crippen LogP contribution in [0.3, 0.4) is 0 Å². The molecule has 2 rings (SSSR count). The van der Waals surface area contributed by atoms with Gasteiger partial charge < -0.3 is 5.32 Å². The molecule has 0 aliphatic heterocycles. The predicted octanol–water partition coefficient (Wildman–Crippen LogP) is 2.21. The van der Waals surface area contributed by atoms with Crippen LogP contribution >= 0.6 is 0 Å². The van der Waals surface area contributed by atoms with Gasteiger partial charge in [-0.2, -0.15) is 13.2 Å². The van der Waals surface area contributed by atoms with Crippen molar-refractivity contribution in [2.45, 2.75) is 19.6 Å². The molecule has 2 aromatic rings. The van der Waals surface area contributed by atoms with Gasteiger partial charge in [0.05, 0.1) is 17.6 Å². The van der Waals surface area contributed by atoms with Crippen LogP contribution in [0.4, 0.5) is 18.9 Å². The van der Waals surface area contributed by atoms with Crippen LogP contribution in [-0.4, -0.2) is 15.5 Å². The zero-order valence-electron chi connectivity index (χ0n) is 11.5. The first-order valence-electron chi connectivity index (χ1n) is 6.26. The number of alkyl halides is 3. The van der Waals surface area contributed by atoms with E-state index in [2.05, 4.69) is 10.3 Å². The molecule has 0 aliphatic rings. The van der Waals surface area contributed by atoms with Crippen molar-refractivity contribution in [1.82, 2.24) is 9.55 Å². The van der Waals surface area contributed by atoms with Gasteiger partial charge in [0.15, 0.2) is 0 Å². The summed E-state index contributed by atoms with van der Waals surface area (Å²) in [6.07, 6.45) is -3.40. The van der Waals surface area contributed by atoms with Crippen LogP contribution in [-0.2, 0) is 17.5 Å². The lowest BCUT2D eigenvalue weighted by Gasteiger charge is -2.13. The van der Waals surface area contributed by atoms with E-state index in [4.69, 9.17) is 0 Å². The Morgan fingerprint density at radius 3 is 2.64 bits per heavy atom. The van der Waals surface area contributed by atoms with Crippen LogP contribution in [0.25, 0.3) is 0 Å². The van der Waals surface area contributed by atoms with E-state index < -0.39 is 29.8 Å². The highest BCUT2D eigenvalue weighted by molar-refractivity contribution is 5.91. The first-order valence-corrected chi connectivity index (χ1v) is 6.26. The highest BCUT2D eigenvalue weighted by Crippen LogP contribution is 2.34. The minimum atomic E-state index is -4.58. The number of rotatable bonds is 3. The molecule has 1 N–H and O–H groups in total. The number of anilines is 1. The van der Waals surface area contributed by atoms with Crippen LogP contribution in [0.5, 0.6) is 0 Å². The lowest BCUT2D eigenvalue weighted by molar-refractivity contribution is -0.137. The number of hydrogen-bond donors (Lipinski definition) is 1. The number of hydrogen-bond acceptors (Lipinski definition) is 3. The third-order valence-corrected chi connectivity index (χ3v) is 2.84. The van der Waals surface area contributed by atoms with E-state index in [9.17, 15) is 22.8 Å². The molecule has 0 bridgehead atoms. The molecule has 8 heteroatoms.